The Morgan fingerprint density at radius 3 is 2.48 bits per heavy atom. The number of aromatic nitrogens is 3. The van der Waals surface area contributed by atoms with Crippen LogP contribution in [0, 0.1) is 0 Å². The van der Waals surface area contributed by atoms with E-state index >= 15 is 0 Å². The monoisotopic (exact) mass is 431 g/mol. The summed E-state index contributed by atoms with van der Waals surface area (Å²) in [7, 11) is -1.22. The molecule has 4 heterocycles. The normalized spacial score (nSPS) is 22.5. The van der Waals surface area contributed by atoms with Crippen LogP contribution in [0.2, 0.25) is 5.02 Å². The fourth-order valence-corrected chi connectivity index (χ4v) is 6.37. The number of fused-ring (bicyclic) bond motifs is 3. The van der Waals surface area contributed by atoms with Crippen LogP contribution in [0.4, 0.5) is 5.82 Å². The SMILES string of the molecule is Cn1c(-c2cc(N3C[C@H]4CC[C@@H](C3)N4S(C)(=O)=O)ncc2Cl)nc2ccccc21. The van der Waals surface area contributed by atoms with Gasteiger partial charge in [0.15, 0.2) is 0 Å². The number of para-hydroxylation sites is 2. The molecule has 0 aliphatic carbocycles. The van der Waals surface area contributed by atoms with Crippen molar-refractivity contribution in [1.29, 1.82) is 0 Å². The van der Waals surface area contributed by atoms with E-state index < -0.39 is 10.0 Å². The van der Waals surface area contributed by atoms with Gasteiger partial charge in [0.1, 0.15) is 11.6 Å². The summed E-state index contributed by atoms with van der Waals surface area (Å²) < 4.78 is 28.0. The molecule has 0 saturated carbocycles. The Balaban J connectivity index is 1.52. The molecule has 152 valence electrons. The summed E-state index contributed by atoms with van der Waals surface area (Å²) in [6.45, 7) is 1.28. The quantitative estimate of drug-likeness (QED) is 0.637. The molecular formula is C20H22ClN5O2S. The number of nitrogens with zero attached hydrogens (tertiary/aromatic N) is 5. The minimum absolute atomic E-state index is 0.000396. The Kier molecular flexibility index (Phi) is 4.34. The first-order chi connectivity index (χ1) is 13.8. The van der Waals surface area contributed by atoms with Gasteiger partial charge in [-0.3, -0.25) is 0 Å². The van der Waals surface area contributed by atoms with Crippen molar-refractivity contribution in [1.82, 2.24) is 18.8 Å². The molecule has 5 rings (SSSR count). The third-order valence-corrected chi connectivity index (χ3v) is 7.65. The Hall–Kier alpha value is -2.16. The molecule has 2 fully saturated rings. The van der Waals surface area contributed by atoms with Crippen molar-refractivity contribution in [3.05, 3.63) is 41.6 Å². The number of anilines is 1. The van der Waals surface area contributed by atoms with Crippen LogP contribution in [0.3, 0.4) is 0 Å². The van der Waals surface area contributed by atoms with E-state index in [0.717, 1.165) is 41.1 Å². The summed E-state index contributed by atoms with van der Waals surface area (Å²) in [4.78, 5) is 11.5. The maximum absolute atomic E-state index is 12.2. The second-order valence-electron chi connectivity index (χ2n) is 7.89. The van der Waals surface area contributed by atoms with Crippen LogP contribution in [0.25, 0.3) is 22.4 Å². The minimum Gasteiger partial charge on any atom is -0.353 e. The lowest BCUT2D eigenvalue weighted by Gasteiger charge is -2.40. The van der Waals surface area contributed by atoms with Gasteiger partial charge in [0.05, 0.1) is 22.3 Å². The van der Waals surface area contributed by atoms with Gasteiger partial charge in [0.25, 0.3) is 0 Å². The second-order valence-corrected chi connectivity index (χ2v) is 10.2. The van der Waals surface area contributed by atoms with Crippen molar-refractivity contribution in [3.63, 3.8) is 0 Å². The zero-order chi connectivity index (χ0) is 20.3. The van der Waals surface area contributed by atoms with Crippen molar-refractivity contribution >= 4 is 38.5 Å². The molecule has 9 heteroatoms. The first-order valence-corrected chi connectivity index (χ1v) is 11.9. The molecule has 2 aromatic heterocycles. The average Bonchev–Trinajstić information content (AvgIpc) is 3.16. The lowest BCUT2D eigenvalue weighted by molar-refractivity contribution is 0.287. The molecular weight excluding hydrogens is 410 g/mol. The topological polar surface area (TPSA) is 71.3 Å². The smallest absolute Gasteiger partial charge is 0.211 e. The number of sulfonamides is 1. The molecule has 0 radical (unpaired) electrons. The summed E-state index contributed by atoms with van der Waals surface area (Å²) in [5.74, 6) is 1.60. The number of piperazine rings is 1. The van der Waals surface area contributed by atoms with Crippen molar-refractivity contribution in [2.24, 2.45) is 7.05 Å². The number of halogens is 1. The standard InChI is InChI=1S/C20H22ClN5O2S/c1-24-18-6-4-3-5-17(18)23-20(24)15-9-19(22-10-16(15)21)25-11-13-7-8-14(12-25)26(13)29(2,27)28/h3-6,9-10,13-14H,7-8,11-12H2,1-2H3/t13-,14+. The Labute approximate surface area is 175 Å². The number of hydrogen-bond acceptors (Lipinski definition) is 5. The maximum atomic E-state index is 12.2. The van der Waals surface area contributed by atoms with E-state index in [1.54, 1.807) is 10.5 Å². The highest BCUT2D eigenvalue weighted by Crippen LogP contribution is 2.36. The second kappa shape index (κ2) is 6.68. The third kappa shape index (κ3) is 3.10. The van der Waals surface area contributed by atoms with Gasteiger partial charge >= 0.3 is 0 Å². The first kappa shape index (κ1) is 18.8. The summed E-state index contributed by atoms with van der Waals surface area (Å²) in [5, 5.41) is 0.546. The number of rotatable bonds is 3. The highest BCUT2D eigenvalue weighted by atomic mass is 35.5. The van der Waals surface area contributed by atoms with Gasteiger partial charge < -0.3 is 9.47 Å². The molecule has 0 spiro atoms. The van der Waals surface area contributed by atoms with Crippen LogP contribution in [-0.2, 0) is 17.1 Å². The molecule has 2 aliphatic rings. The van der Waals surface area contributed by atoms with Crippen LogP contribution in [0.1, 0.15) is 12.8 Å². The van der Waals surface area contributed by atoms with Crippen LogP contribution < -0.4 is 4.90 Å². The van der Waals surface area contributed by atoms with Crippen molar-refractivity contribution in [2.75, 3.05) is 24.2 Å². The van der Waals surface area contributed by atoms with E-state index in [9.17, 15) is 8.42 Å². The zero-order valence-corrected chi connectivity index (χ0v) is 17.9. The van der Waals surface area contributed by atoms with Gasteiger partial charge in [-0.05, 0) is 31.0 Å². The van der Waals surface area contributed by atoms with E-state index in [4.69, 9.17) is 16.6 Å². The molecule has 7 nitrogen and oxygen atoms in total. The predicted molar refractivity (Wildman–Crippen MR) is 115 cm³/mol. The molecule has 2 bridgehead atoms. The van der Waals surface area contributed by atoms with Gasteiger partial charge in [-0.1, -0.05) is 23.7 Å². The van der Waals surface area contributed by atoms with E-state index in [0.29, 0.717) is 18.1 Å². The van der Waals surface area contributed by atoms with E-state index in [1.165, 1.54) is 6.26 Å². The number of benzene rings is 1. The zero-order valence-electron chi connectivity index (χ0n) is 16.3. The minimum atomic E-state index is -3.19. The number of aryl methyl sites for hydroxylation is 1. The number of pyridine rings is 1. The highest BCUT2D eigenvalue weighted by molar-refractivity contribution is 7.88. The summed E-state index contributed by atoms with van der Waals surface area (Å²) in [5.41, 5.74) is 2.78. The van der Waals surface area contributed by atoms with E-state index in [1.807, 2.05) is 41.9 Å². The molecule has 0 unspecified atom stereocenters. The van der Waals surface area contributed by atoms with Crippen LogP contribution >= 0.6 is 11.6 Å². The maximum Gasteiger partial charge on any atom is 0.211 e. The van der Waals surface area contributed by atoms with E-state index in [-0.39, 0.29) is 12.1 Å². The third-order valence-electron chi connectivity index (χ3n) is 5.99. The molecule has 0 N–H and O–H groups in total. The molecule has 2 aliphatic heterocycles. The molecule has 2 atom stereocenters. The van der Waals surface area contributed by atoms with E-state index in [2.05, 4.69) is 9.88 Å². The molecule has 29 heavy (non-hydrogen) atoms. The lowest BCUT2D eigenvalue weighted by Crippen LogP contribution is -2.55. The van der Waals surface area contributed by atoms with Gasteiger partial charge in [-0.25, -0.2) is 18.4 Å². The molecule has 0 amide bonds. The van der Waals surface area contributed by atoms with Crippen molar-refractivity contribution < 1.29 is 8.42 Å². The van der Waals surface area contributed by atoms with Crippen LogP contribution in [-0.4, -0.2) is 58.7 Å². The van der Waals surface area contributed by atoms with Gasteiger partial charge in [0.2, 0.25) is 10.0 Å². The Morgan fingerprint density at radius 2 is 1.83 bits per heavy atom. The predicted octanol–water partition coefficient (Wildman–Crippen LogP) is 2.90. The van der Waals surface area contributed by atoms with Gasteiger partial charge in [0, 0.05) is 44.0 Å². The van der Waals surface area contributed by atoms with Crippen LogP contribution in [0.5, 0.6) is 0 Å². The summed E-state index contributed by atoms with van der Waals surface area (Å²) in [6.07, 6.45) is 4.74. The first-order valence-electron chi connectivity index (χ1n) is 9.64. The fraction of sp³-hybridized carbons (Fsp3) is 0.400. The van der Waals surface area contributed by atoms with Crippen LogP contribution in [0.15, 0.2) is 36.5 Å². The fourth-order valence-electron chi connectivity index (χ4n) is 4.75. The summed E-state index contributed by atoms with van der Waals surface area (Å²) >= 11 is 6.50. The number of imidazole rings is 1. The molecule has 1 aromatic carbocycles. The lowest BCUT2D eigenvalue weighted by atomic mass is 10.2. The van der Waals surface area contributed by atoms with Gasteiger partial charge in [-0.15, -0.1) is 0 Å². The number of hydrogen-bond donors (Lipinski definition) is 0. The van der Waals surface area contributed by atoms with Crippen molar-refractivity contribution in [3.8, 4) is 11.4 Å². The highest BCUT2D eigenvalue weighted by Gasteiger charge is 2.45. The average molecular weight is 432 g/mol. The van der Waals surface area contributed by atoms with Gasteiger partial charge in [-0.2, -0.15) is 4.31 Å². The Bertz CT molecular complexity index is 1190. The molecule has 2 saturated heterocycles. The Morgan fingerprint density at radius 1 is 1.14 bits per heavy atom. The molecule has 3 aromatic rings. The largest absolute Gasteiger partial charge is 0.353 e. The van der Waals surface area contributed by atoms with Crippen molar-refractivity contribution in [2.45, 2.75) is 24.9 Å². The summed E-state index contributed by atoms with van der Waals surface area (Å²) in [6, 6.07) is 9.95.